The molecule has 12 nitrogen and oxygen atoms in total. The van der Waals surface area contributed by atoms with Crippen LogP contribution in [-0.2, 0) is 4.74 Å². The number of carbonyl (C=O) groups excluding carboxylic acids is 1. The number of aromatic nitrogens is 2. The third-order valence-corrected chi connectivity index (χ3v) is 12.4. The molecule has 0 radical (unpaired) electrons. The van der Waals surface area contributed by atoms with E-state index < -0.39 is 41.0 Å². The van der Waals surface area contributed by atoms with Crippen molar-refractivity contribution in [2.75, 3.05) is 43.0 Å². The van der Waals surface area contributed by atoms with Gasteiger partial charge in [-0.25, -0.2) is 18.4 Å². The Balaban J connectivity index is 1.26. The molecule has 0 saturated carbocycles. The lowest BCUT2D eigenvalue weighted by Crippen LogP contribution is -2.55. The molecule has 2 aromatic heterocycles. The fraction of sp³-hybridized carbons (Fsp3) is 0.447. The topological polar surface area (TPSA) is 144 Å². The number of carbonyl (C=O) groups is 2. The molecule has 0 spiro atoms. The molecular formula is C38H36ClF4N7O5S. The average Bonchev–Trinajstić information content (AvgIpc) is 3.86. The Morgan fingerprint density at radius 1 is 1.18 bits per heavy atom. The molecule has 6 heterocycles. The number of nitriles is 1. The van der Waals surface area contributed by atoms with E-state index in [2.05, 4.69) is 10.3 Å². The molecule has 4 fully saturated rings. The van der Waals surface area contributed by atoms with Crippen LogP contribution in [0.25, 0.3) is 32.1 Å². The van der Waals surface area contributed by atoms with Gasteiger partial charge in [0.25, 0.3) is 6.08 Å². The first-order valence-corrected chi connectivity index (χ1v) is 19.3. The van der Waals surface area contributed by atoms with E-state index in [1.807, 2.05) is 15.9 Å². The van der Waals surface area contributed by atoms with Gasteiger partial charge in [0.1, 0.15) is 40.4 Å². The van der Waals surface area contributed by atoms with Crippen molar-refractivity contribution < 1.29 is 41.7 Å². The van der Waals surface area contributed by atoms with Crippen LogP contribution in [0.1, 0.15) is 58.4 Å². The highest BCUT2D eigenvalue weighted by atomic mass is 35.5. The van der Waals surface area contributed by atoms with Crippen molar-refractivity contribution >= 4 is 66.9 Å². The molecule has 0 aliphatic carbocycles. The molecule has 2 N–H and O–H groups in total. The number of nitrogens with zero attached hydrogens (tertiary/aromatic N) is 6. The summed E-state index contributed by atoms with van der Waals surface area (Å²) >= 11 is 7.69. The lowest BCUT2D eigenvalue weighted by atomic mass is 9.94. The molecule has 4 aromatic rings. The van der Waals surface area contributed by atoms with Gasteiger partial charge in [-0.05, 0) is 77.1 Å². The van der Waals surface area contributed by atoms with Crippen molar-refractivity contribution in [2.45, 2.75) is 76.1 Å². The number of halogens is 5. The summed E-state index contributed by atoms with van der Waals surface area (Å²) in [7, 11) is 0. The Hall–Kier alpha value is -4.92. The molecule has 2 aromatic carbocycles. The van der Waals surface area contributed by atoms with E-state index >= 15 is 8.78 Å². The normalized spacial score (nSPS) is 22.2. The lowest BCUT2D eigenvalue weighted by molar-refractivity contribution is 0.0636. The summed E-state index contributed by atoms with van der Waals surface area (Å²) in [6.07, 6.45) is -0.844. The van der Waals surface area contributed by atoms with Crippen LogP contribution in [-0.4, -0.2) is 93.1 Å². The fourth-order valence-corrected chi connectivity index (χ4v) is 10.1. The highest BCUT2D eigenvalue weighted by Crippen LogP contribution is 2.48. The van der Waals surface area contributed by atoms with E-state index in [0.29, 0.717) is 25.8 Å². The van der Waals surface area contributed by atoms with Crippen molar-refractivity contribution in [3.8, 4) is 23.2 Å². The van der Waals surface area contributed by atoms with Gasteiger partial charge >= 0.3 is 18.2 Å². The van der Waals surface area contributed by atoms with Gasteiger partial charge in [-0.2, -0.15) is 24.0 Å². The second kappa shape index (κ2) is 13.9. The largest absolute Gasteiger partial charge is 0.465 e. The van der Waals surface area contributed by atoms with Crippen molar-refractivity contribution in [1.29, 1.82) is 5.26 Å². The van der Waals surface area contributed by atoms with Gasteiger partial charge < -0.3 is 19.5 Å². The van der Waals surface area contributed by atoms with Gasteiger partial charge in [0.15, 0.2) is 5.82 Å². The number of benzene rings is 2. The Morgan fingerprint density at radius 2 is 1.91 bits per heavy atom. The Kier molecular flexibility index (Phi) is 9.44. The van der Waals surface area contributed by atoms with Gasteiger partial charge in [-0.3, -0.25) is 15.1 Å². The number of nitrogens with one attached hydrogen (secondary N) is 1. The summed E-state index contributed by atoms with van der Waals surface area (Å²) in [5.74, 6) is -1.39. The van der Waals surface area contributed by atoms with Gasteiger partial charge in [0.05, 0.1) is 32.9 Å². The smallest absolute Gasteiger partial charge is 0.412 e. The number of piperazine rings is 1. The van der Waals surface area contributed by atoms with Crippen LogP contribution >= 0.6 is 22.9 Å². The van der Waals surface area contributed by atoms with E-state index in [4.69, 9.17) is 26.1 Å². The van der Waals surface area contributed by atoms with Crippen LogP contribution in [0.15, 0.2) is 29.9 Å². The predicted octanol–water partition coefficient (Wildman–Crippen LogP) is 8.76. The molecule has 294 valence electrons. The second-order valence-corrected chi connectivity index (χ2v) is 17.1. The Morgan fingerprint density at radius 3 is 2.57 bits per heavy atom. The van der Waals surface area contributed by atoms with E-state index in [1.54, 1.807) is 20.8 Å². The average molecular weight is 814 g/mol. The minimum absolute atomic E-state index is 0.00580. The van der Waals surface area contributed by atoms with E-state index in [9.17, 15) is 28.7 Å². The number of amides is 2. The third-order valence-electron chi connectivity index (χ3n) is 11.0. The zero-order valence-corrected chi connectivity index (χ0v) is 32.1. The Labute approximate surface area is 327 Å². The molecule has 2 bridgehead atoms. The third kappa shape index (κ3) is 6.50. The number of anilines is 2. The number of ether oxygens (including phenoxy) is 2. The molecule has 2 amide bonds. The maximum Gasteiger partial charge on any atom is 0.412 e. The molecular weight excluding hydrogens is 778 g/mol. The van der Waals surface area contributed by atoms with Crippen molar-refractivity contribution in [1.82, 2.24) is 19.8 Å². The number of hydrogen-bond donors (Lipinski definition) is 2. The molecule has 1 unspecified atom stereocenters. The maximum atomic E-state index is 17.3. The number of fused-ring (bicyclic) bond motifs is 5. The number of hydrogen-bond acceptors (Lipinski definition) is 10. The number of thiophene rings is 1. The minimum atomic E-state index is -1.71. The highest BCUT2D eigenvalue weighted by Gasteiger charge is 2.49. The SMILES string of the molecule is CC(C)(C)OC(=O)Nc1sc2c(F)ccc(-c3c(Cl)cc4c(N5C[C@H]6CC[C@@H](C5)N6C(=O)O)nc(OCC56CCCN5CC(=C(F)F)C6)nc4c3F)c2c1C#N. The summed E-state index contributed by atoms with van der Waals surface area (Å²) in [5, 5.41) is 22.8. The van der Waals surface area contributed by atoms with Crippen LogP contribution in [0.3, 0.4) is 0 Å². The lowest BCUT2D eigenvalue weighted by Gasteiger charge is -2.40. The molecule has 3 atom stereocenters. The number of rotatable bonds is 6. The van der Waals surface area contributed by atoms with E-state index in [0.717, 1.165) is 23.8 Å². The summed E-state index contributed by atoms with van der Waals surface area (Å²) in [5.41, 5.74) is -2.01. The molecule has 4 aliphatic heterocycles. The van der Waals surface area contributed by atoms with E-state index in [-0.39, 0.29) is 110 Å². The van der Waals surface area contributed by atoms with Crippen molar-refractivity contribution in [3.63, 3.8) is 0 Å². The van der Waals surface area contributed by atoms with Crippen LogP contribution in [0.5, 0.6) is 6.01 Å². The number of carboxylic acid groups (broad SMARTS) is 1. The van der Waals surface area contributed by atoms with Gasteiger partial charge in [0, 0.05) is 41.5 Å². The first kappa shape index (κ1) is 38.0. The quantitative estimate of drug-likeness (QED) is 0.181. The monoisotopic (exact) mass is 813 g/mol. The zero-order chi connectivity index (χ0) is 39.8. The fourth-order valence-electron chi connectivity index (χ4n) is 8.74. The zero-order valence-electron chi connectivity index (χ0n) is 30.5. The second-order valence-electron chi connectivity index (χ2n) is 15.7. The van der Waals surface area contributed by atoms with Gasteiger partial charge in [-0.15, -0.1) is 11.3 Å². The summed E-state index contributed by atoms with van der Waals surface area (Å²) in [6.45, 7) is 6.19. The van der Waals surface area contributed by atoms with Crippen LogP contribution in [0.4, 0.5) is 38.0 Å². The molecule has 4 aliphatic rings. The predicted molar refractivity (Wildman–Crippen MR) is 202 cm³/mol. The first-order valence-electron chi connectivity index (χ1n) is 18.1. The molecule has 18 heteroatoms. The summed E-state index contributed by atoms with van der Waals surface area (Å²) < 4.78 is 71.7. The van der Waals surface area contributed by atoms with Crippen LogP contribution in [0.2, 0.25) is 5.02 Å². The summed E-state index contributed by atoms with van der Waals surface area (Å²) in [4.78, 5) is 39.3. The van der Waals surface area contributed by atoms with Gasteiger partial charge in [0.2, 0.25) is 0 Å². The van der Waals surface area contributed by atoms with E-state index in [1.165, 1.54) is 17.0 Å². The van der Waals surface area contributed by atoms with Crippen molar-refractivity contribution in [3.05, 3.63) is 52.1 Å². The van der Waals surface area contributed by atoms with Crippen LogP contribution in [0, 0.1) is 23.0 Å². The minimum Gasteiger partial charge on any atom is -0.465 e. The van der Waals surface area contributed by atoms with Gasteiger partial charge in [-0.1, -0.05) is 17.7 Å². The standard InChI is InChI=1S/C38H36ClF4N7O5S/c1-37(2,3)55-35(51)47-33-23(13-44)26-21(7-8-25(40)30(26)56-33)27-24(39)11-22-29(28(27)41)45-34(54-17-38-9-4-10-49(38)14-18(12-38)31(42)43)46-32(22)48-15-19-5-6-20(16-48)50(19)36(52)53/h7-8,11,19-20H,4-6,9-10,12,14-17H2,1-3H3,(H,47,51)(H,52,53)/t19-,20+,38?. The first-order chi connectivity index (χ1) is 26.6. The van der Waals surface area contributed by atoms with Crippen molar-refractivity contribution in [2.24, 2.45) is 0 Å². The molecule has 4 saturated heterocycles. The molecule has 56 heavy (non-hydrogen) atoms. The van der Waals surface area contributed by atoms with Crippen LogP contribution < -0.4 is 15.0 Å². The molecule has 8 rings (SSSR count). The highest BCUT2D eigenvalue weighted by molar-refractivity contribution is 7.23. The maximum absolute atomic E-state index is 17.3. The summed E-state index contributed by atoms with van der Waals surface area (Å²) in [6, 6.07) is 5.00. The Bertz CT molecular complexity index is 2380.